The highest BCUT2D eigenvalue weighted by Gasteiger charge is 2.34. The van der Waals surface area contributed by atoms with Gasteiger partial charge in [-0.05, 0) is 0 Å². The maximum atomic E-state index is 12.3. The molecule has 14 heavy (non-hydrogen) atoms. The Hall–Kier alpha value is -1.77. The van der Waals surface area contributed by atoms with Crippen LogP contribution in [0.15, 0.2) is 12.4 Å². The number of aromatic hydroxyl groups is 1. The summed E-state index contributed by atoms with van der Waals surface area (Å²) >= 11 is 0. The fourth-order valence-corrected chi connectivity index (χ4v) is 0.985. The Labute approximate surface area is 77.4 Å². The van der Waals surface area contributed by atoms with Gasteiger partial charge in [0.2, 0.25) is 0 Å². The third-order valence-electron chi connectivity index (χ3n) is 1.60. The van der Waals surface area contributed by atoms with E-state index in [4.69, 9.17) is 10.4 Å². The van der Waals surface area contributed by atoms with Gasteiger partial charge in [-0.2, -0.15) is 18.4 Å². The molecule has 0 aliphatic carbocycles. The fourth-order valence-electron chi connectivity index (χ4n) is 0.985. The number of halogens is 3. The predicted octanol–water partition coefficient (Wildman–Crippen LogP) is 1.87. The number of rotatable bonds is 1. The molecule has 0 fully saturated rings. The molecule has 6 heteroatoms. The number of nitrogens with zero attached hydrogens (tertiary/aromatic N) is 2. The number of pyridine rings is 1. The van der Waals surface area contributed by atoms with E-state index in [1.165, 1.54) is 0 Å². The highest BCUT2D eigenvalue weighted by Crippen LogP contribution is 2.34. The van der Waals surface area contributed by atoms with Gasteiger partial charge in [0.25, 0.3) is 0 Å². The Kier molecular flexibility index (Phi) is 2.60. The maximum Gasteiger partial charge on any atom is 0.418 e. The van der Waals surface area contributed by atoms with E-state index < -0.39 is 29.5 Å². The van der Waals surface area contributed by atoms with E-state index in [1.807, 2.05) is 0 Å². The van der Waals surface area contributed by atoms with Crippen LogP contribution in [0.2, 0.25) is 0 Å². The topological polar surface area (TPSA) is 56.9 Å². The standard InChI is InChI=1S/C8H5F3N2O/c9-8(10,11)6-3-13-4-7(14)5(6)1-2-12/h3-4,14H,1H2. The molecule has 0 saturated heterocycles. The van der Waals surface area contributed by atoms with Crippen LogP contribution >= 0.6 is 0 Å². The number of nitriles is 1. The quantitative estimate of drug-likeness (QED) is 0.756. The first-order valence-electron chi connectivity index (χ1n) is 3.57. The highest BCUT2D eigenvalue weighted by molar-refractivity contribution is 5.39. The molecule has 0 spiro atoms. The van der Waals surface area contributed by atoms with E-state index in [-0.39, 0.29) is 0 Å². The predicted molar refractivity (Wildman–Crippen MR) is 40.2 cm³/mol. The zero-order valence-corrected chi connectivity index (χ0v) is 6.84. The van der Waals surface area contributed by atoms with Crippen molar-refractivity contribution in [1.29, 1.82) is 5.26 Å². The minimum Gasteiger partial charge on any atom is -0.506 e. The first-order valence-corrected chi connectivity index (χ1v) is 3.57. The molecule has 0 aromatic carbocycles. The van der Waals surface area contributed by atoms with Gasteiger partial charge in [0, 0.05) is 11.8 Å². The molecular formula is C8H5F3N2O. The van der Waals surface area contributed by atoms with Crippen LogP contribution in [0.25, 0.3) is 0 Å². The van der Waals surface area contributed by atoms with Crippen molar-refractivity contribution in [2.45, 2.75) is 12.6 Å². The Morgan fingerprint density at radius 2 is 2.07 bits per heavy atom. The Bertz CT molecular complexity index is 381. The van der Waals surface area contributed by atoms with Crippen molar-refractivity contribution in [2.24, 2.45) is 0 Å². The molecule has 0 aliphatic heterocycles. The molecule has 0 atom stereocenters. The van der Waals surface area contributed by atoms with E-state index in [1.54, 1.807) is 6.07 Å². The monoisotopic (exact) mass is 202 g/mol. The summed E-state index contributed by atoms with van der Waals surface area (Å²) in [5.41, 5.74) is -1.51. The van der Waals surface area contributed by atoms with Crippen molar-refractivity contribution >= 4 is 0 Å². The SMILES string of the molecule is N#CCc1c(O)cncc1C(F)(F)F. The van der Waals surface area contributed by atoms with Crippen molar-refractivity contribution in [3.63, 3.8) is 0 Å². The molecule has 0 unspecified atom stereocenters. The van der Waals surface area contributed by atoms with Crippen molar-refractivity contribution in [3.8, 4) is 11.8 Å². The third kappa shape index (κ3) is 1.93. The van der Waals surface area contributed by atoms with Gasteiger partial charge in [0.05, 0.1) is 24.3 Å². The molecule has 1 aromatic heterocycles. The number of hydrogen-bond donors (Lipinski definition) is 1. The van der Waals surface area contributed by atoms with Gasteiger partial charge in [-0.1, -0.05) is 0 Å². The van der Waals surface area contributed by atoms with Crippen LogP contribution in [-0.2, 0) is 12.6 Å². The summed E-state index contributed by atoms with van der Waals surface area (Å²) in [4.78, 5) is 3.21. The Morgan fingerprint density at radius 3 is 2.57 bits per heavy atom. The van der Waals surface area contributed by atoms with Crippen molar-refractivity contribution in [3.05, 3.63) is 23.5 Å². The molecule has 0 amide bonds. The molecule has 1 aromatic rings. The summed E-state index contributed by atoms with van der Waals surface area (Å²) in [6.45, 7) is 0. The molecule has 0 aliphatic rings. The Morgan fingerprint density at radius 1 is 1.43 bits per heavy atom. The molecule has 1 N–H and O–H groups in total. The van der Waals surface area contributed by atoms with Gasteiger partial charge < -0.3 is 5.11 Å². The van der Waals surface area contributed by atoms with Crippen molar-refractivity contribution in [1.82, 2.24) is 4.98 Å². The lowest BCUT2D eigenvalue weighted by Gasteiger charge is -2.10. The van der Waals surface area contributed by atoms with E-state index in [0.29, 0.717) is 6.20 Å². The fraction of sp³-hybridized carbons (Fsp3) is 0.250. The van der Waals surface area contributed by atoms with Crippen LogP contribution in [0.5, 0.6) is 5.75 Å². The zero-order chi connectivity index (χ0) is 10.8. The van der Waals surface area contributed by atoms with Crippen LogP contribution in [0.4, 0.5) is 13.2 Å². The number of aromatic nitrogens is 1. The van der Waals surface area contributed by atoms with E-state index in [9.17, 15) is 13.2 Å². The number of hydrogen-bond acceptors (Lipinski definition) is 3. The lowest BCUT2D eigenvalue weighted by molar-refractivity contribution is -0.138. The van der Waals surface area contributed by atoms with E-state index in [0.717, 1.165) is 6.20 Å². The molecule has 0 radical (unpaired) electrons. The van der Waals surface area contributed by atoms with Crippen LogP contribution < -0.4 is 0 Å². The molecular weight excluding hydrogens is 197 g/mol. The first kappa shape index (κ1) is 10.3. The van der Waals surface area contributed by atoms with Crippen LogP contribution in [0.3, 0.4) is 0 Å². The van der Waals surface area contributed by atoms with Crippen molar-refractivity contribution < 1.29 is 18.3 Å². The third-order valence-corrected chi connectivity index (χ3v) is 1.60. The van der Waals surface area contributed by atoms with Crippen LogP contribution in [-0.4, -0.2) is 10.1 Å². The lowest BCUT2D eigenvalue weighted by Crippen LogP contribution is -2.09. The summed E-state index contributed by atoms with van der Waals surface area (Å²) < 4.78 is 36.9. The average molecular weight is 202 g/mol. The largest absolute Gasteiger partial charge is 0.506 e. The highest BCUT2D eigenvalue weighted by atomic mass is 19.4. The van der Waals surface area contributed by atoms with Gasteiger partial charge in [-0.25, -0.2) is 0 Å². The summed E-state index contributed by atoms with van der Waals surface area (Å²) in [5.74, 6) is -0.610. The zero-order valence-electron chi connectivity index (χ0n) is 6.84. The summed E-state index contributed by atoms with van der Waals surface area (Å²) in [6, 6.07) is 1.55. The molecule has 3 nitrogen and oxygen atoms in total. The second-order valence-electron chi connectivity index (χ2n) is 2.52. The minimum atomic E-state index is -4.60. The lowest BCUT2D eigenvalue weighted by atomic mass is 10.1. The normalized spacial score (nSPS) is 11.0. The molecule has 0 saturated carbocycles. The summed E-state index contributed by atoms with van der Waals surface area (Å²) in [7, 11) is 0. The Balaban J connectivity index is 3.30. The first-order chi connectivity index (χ1) is 6.46. The van der Waals surface area contributed by atoms with Gasteiger partial charge in [-0.3, -0.25) is 4.98 Å². The average Bonchev–Trinajstić information content (AvgIpc) is 2.07. The van der Waals surface area contributed by atoms with Crippen molar-refractivity contribution in [2.75, 3.05) is 0 Å². The van der Waals surface area contributed by atoms with Gasteiger partial charge in [-0.15, -0.1) is 0 Å². The molecule has 0 bridgehead atoms. The second kappa shape index (κ2) is 3.54. The van der Waals surface area contributed by atoms with Crippen LogP contribution in [0, 0.1) is 11.3 Å². The molecule has 74 valence electrons. The van der Waals surface area contributed by atoms with Crippen LogP contribution in [0.1, 0.15) is 11.1 Å². The van der Waals surface area contributed by atoms with E-state index >= 15 is 0 Å². The second-order valence-corrected chi connectivity index (χ2v) is 2.52. The van der Waals surface area contributed by atoms with E-state index in [2.05, 4.69) is 4.98 Å². The minimum absolute atomic E-state index is 0.435. The molecule has 1 heterocycles. The smallest absolute Gasteiger partial charge is 0.418 e. The summed E-state index contributed by atoms with van der Waals surface area (Å²) in [5, 5.41) is 17.4. The number of alkyl halides is 3. The summed E-state index contributed by atoms with van der Waals surface area (Å²) in [6.07, 6.45) is -3.63. The van der Waals surface area contributed by atoms with Gasteiger partial charge >= 0.3 is 6.18 Å². The van der Waals surface area contributed by atoms with Gasteiger partial charge in [0.15, 0.2) is 0 Å². The van der Waals surface area contributed by atoms with Gasteiger partial charge in [0.1, 0.15) is 5.75 Å². The molecule has 1 rings (SSSR count). The maximum absolute atomic E-state index is 12.3.